The standard InChI is InChI=1S/C32H51N9O5/c1-42-21-17-40(18-22-43-2)31-36-28-27(29(37-31)34-14-8-10-25-9-6-7-13-33-25)35-32(41(19-23-44-3)20-24-45-4)38-30(28)39-15-11-26(46-5)12-16-39/h6-7,9,13,26H,8,10-12,14-24H2,1-5H3,(H,34,36,37). The van der Waals surface area contributed by atoms with Crippen molar-refractivity contribution < 1.29 is 23.7 Å². The lowest BCUT2D eigenvalue weighted by Gasteiger charge is -2.33. The molecular weight excluding hydrogens is 590 g/mol. The zero-order valence-corrected chi connectivity index (χ0v) is 28.1. The molecule has 0 radical (unpaired) electrons. The Hall–Kier alpha value is -3.43. The molecule has 3 aromatic heterocycles. The van der Waals surface area contributed by atoms with Crippen molar-refractivity contribution in [2.45, 2.75) is 31.8 Å². The molecule has 1 aliphatic heterocycles. The summed E-state index contributed by atoms with van der Waals surface area (Å²) in [7, 11) is 8.56. The van der Waals surface area contributed by atoms with Crippen molar-refractivity contribution in [1.82, 2.24) is 24.9 Å². The number of hydrogen-bond acceptors (Lipinski definition) is 14. The molecule has 1 fully saturated rings. The van der Waals surface area contributed by atoms with Crippen molar-refractivity contribution in [2.24, 2.45) is 0 Å². The van der Waals surface area contributed by atoms with Crippen molar-refractivity contribution in [3.63, 3.8) is 0 Å². The van der Waals surface area contributed by atoms with Crippen LogP contribution < -0.4 is 20.0 Å². The van der Waals surface area contributed by atoms with Crippen molar-refractivity contribution in [3.05, 3.63) is 30.1 Å². The molecule has 0 unspecified atom stereocenters. The third-order valence-corrected chi connectivity index (χ3v) is 8.03. The fraction of sp³-hybridized carbons (Fsp3) is 0.656. The van der Waals surface area contributed by atoms with Gasteiger partial charge in [-0.1, -0.05) is 6.07 Å². The van der Waals surface area contributed by atoms with E-state index in [1.807, 2.05) is 18.3 Å². The number of hydrogen-bond donors (Lipinski definition) is 1. The second-order valence-corrected chi connectivity index (χ2v) is 11.1. The third-order valence-electron chi connectivity index (χ3n) is 8.03. The van der Waals surface area contributed by atoms with Crippen LogP contribution in [-0.2, 0) is 30.1 Å². The monoisotopic (exact) mass is 641 g/mol. The van der Waals surface area contributed by atoms with E-state index < -0.39 is 0 Å². The van der Waals surface area contributed by atoms with Crippen LogP contribution in [0.4, 0.5) is 23.5 Å². The lowest BCUT2D eigenvalue weighted by molar-refractivity contribution is 0.0818. The minimum absolute atomic E-state index is 0.226. The van der Waals surface area contributed by atoms with Crippen molar-refractivity contribution in [3.8, 4) is 0 Å². The third kappa shape index (κ3) is 10.0. The molecule has 0 atom stereocenters. The molecule has 46 heavy (non-hydrogen) atoms. The summed E-state index contributed by atoms with van der Waals surface area (Å²) in [6.07, 6.45) is 5.58. The zero-order valence-electron chi connectivity index (χ0n) is 28.1. The van der Waals surface area contributed by atoms with E-state index in [-0.39, 0.29) is 6.10 Å². The summed E-state index contributed by atoms with van der Waals surface area (Å²) < 4.78 is 27.4. The number of fused-ring (bicyclic) bond motifs is 1. The van der Waals surface area contributed by atoms with Gasteiger partial charge in [0.1, 0.15) is 11.0 Å². The molecule has 0 aliphatic carbocycles. The highest BCUT2D eigenvalue weighted by Crippen LogP contribution is 2.33. The van der Waals surface area contributed by atoms with E-state index in [0.717, 1.165) is 50.3 Å². The lowest BCUT2D eigenvalue weighted by atomic mass is 10.1. The predicted octanol–water partition coefficient (Wildman–Crippen LogP) is 2.67. The van der Waals surface area contributed by atoms with Gasteiger partial charge in [-0.3, -0.25) is 4.98 Å². The Bertz CT molecular complexity index is 1280. The average molecular weight is 642 g/mol. The fourth-order valence-electron chi connectivity index (χ4n) is 5.36. The summed E-state index contributed by atoms with van der Waals surface area (Å²) in [4.78, 5) is 31.5. The SMILES string of the molecule is COCCN(CCOC)c1nc(N2CCC(OC)CC2)c2nc(N(CCOC)CCOC)nc(NCCCc3ccccn3)c2n1. The predicted molar refractivity (Wildman–Crippen MR) is 180 cm³/mol. The highest BCUT2D eigenvalue weighted by Gasteiger charge is 2.27. The van der Waals surface area contributed by atoms with Crippen LogP contribution in [0.1, 0.15) is 25.0 Å². The number of nitrogens with one attached hydrogen (secondary N) is 1. The maximum absolute atomic E-state index is 5.68. The van der Waals surface area contributed by atoms with Gasteiger partial charge in [0.25, 0.3) is 0 Å². The highest BCUT2D eigenvalue weighted by atomic mass is 16.5. The van der Waals surface area contributed by atoms with Gasteiger partial charge in [0.2, 0.25) is 11.9 Å². The molecule has 3 aromatic rings. The Morgan fingerprint density at radius 3 is 1.89 bits per heavy atom. The topological polar surface area (TPSA) is 132 Å². The second kappa shape index (κ2) is 19.3. The second-order valence-electron chi connectivity index (χ2n) is 11.1. The normalized spacial score (nSPS) is 13.8. The summed E-state index contributed by atoms with van der Waals surface area (Å²) in [5.41, 5.74) is 2.44. The maximum Gasteiger partial charge on any atom is 0.228 e. The molecule has 0 spiro atoms. The number of pyridine rings is 1. The van der Waals surface area contributed by atoms with Crippen LogP contribution in [0.3, 0.4) is 0 Å². The lowest BCUT2D eigenvalue weighted by Crippen LogP contribution is -2.38. The number of nitrogens with zero attached hydrogens (tertiary/aromatic N) is 8. The fourth-order valence-corrected chi connectivity index (χ4v) is 5.36. The van der Waals surface area contributed by atoms with E-state index in [0.29, 0.717) is 87.9 Å². The van der Waals surface area contributed by atoms with Crippen LogP contribution in [0.25, 0.3) is 11.0 Å². The average Bonchev–Trinajstić information content (AvgIpc) is 3.10. The first-order valence-electron chi connectivity index (χ1n) is 16.1. The van der Waals surface area contributed by atoms with Gasteiger partial charge in [-0.05, 0) is 37.8 Å². The zero-order chi connectivity index (χ0) is 32.6. The summed E-state index contributed by atoms with van der Waals surface area (Å²) in [5.74, 6) is 2.62. The van der Waals surface area contributed by atoms with Gasteiger partial charge in [0.05, 0.1) is 32.5 Å². The molecule has 254 valence electrons. The molecule has 0 amide bonds. The van der Waals surface area contributed by atoms with E-state index in [9.17, 15) is 0 Å². The van der Waals surface area contributed by atoms with E-state index in [1.165, 1.54) is 0 Å². The van der Waals surface area contributed by atoms with E-state index in [2.05, 4.69) is 31.1 Å². The smallest absolute Gasteiger partial charge is 0.228 e. The molecule has 14 heteroatoms. The minimum atomic E-state index is 0.226. The molecule has 1 saturated heterocycles. The first-order valence-corrected chi connectivity index (χ1v) is 16.1. The van der Waals surface area contributed by atoms with E-state index in [4.69, 9.17) is 43.6 Å². The van der Waals surface area contributed by atoms with Gasteiger partial charge in [-0.2, -0.15) is 9.97 Å². The van der Waals surface area contributed by atoms with E-state index >= 15 is 0 Å². The number of aryl methyl sites for hydroxylation is 1. The number of anilines is 4. The Balaban J connectivity index is 1.81. The molecule has 0 saturated carbocycles. The number of piperidine rings is 1. The Morgan fingerprint density at radius 1 is 0.761 bits per heavy atom. The summed E-state index contributed by atoms with van der Waals surface area (Å²) in [6.45, 7) is 6.84. The highest BCUT2D eigenvalue weighted by molar-refractivity contribution is 5.95. The van der Waals surface area contributed by atoms with E-state index in [1.54, 1.807) is 35.5 Å². The largest absolute Gasteiger partial charge is 0.383 e. The Labute approximate surface area is 272 Å². The van der Waals surface area contributed by atoms with Gasteiger partial charge in [0, 0.05) is 93.3 Å². The maximum atomic E-state index is 5.68. The quantitative estimate of drug-likeness (QED) is 0.171. The molecular formula is C32H51N9O5. The van der Waals surface area contributed by atoms with Gasteiger partial charge < -0.3 is 43.7 Å². The van der Waals surface area contributed by atoms with Gasteiger partial charge in [-0.25, -0.2) is 9.97 Å². The summed E-state index contributed by atoms with van der Waals surface area (Å²) in [5, 5.41) is 3.60. The van der Waals surface area contributed by atoms with Crippen molar-refractivity contribution in [2.75, 3.05) is 128 Å². The molecule has 4 rings (SSSR count). The van der Waals surface area contributed by atoms with Crippen LogP contribution in [0.15, 0.2) is 24.4 Å². The van der Waals surface area contributed by atoms with Crippen LogP contribution in [-0.4, -0.2) is 139 Å². The summed E-state index contributed by atoms with van der Waals surface area (Å²) in [6, 6.07) is 6.00. The van der Waals surface area contributed by atoms with Crippen LogP contribution >= 0.6 is 0 Å². The minimum Gasteiger partial charge on any atom is -0.383 e. The molecule has 0 aromatic carbocycles. The van der Waals surface area contributed by atoms with Crippen LogP contribution in [0.5, 0.6) is 0 Å². The molecule has 1 N–H and O–H groups in total. The van der Waals surface area contributed by atoms with Gasteiger partial charge >= 0.3 is 0 Å². The van der Waals surface area contributed by atoms with Crippen LogP contribution in [0, 0.1) is 0 Å². The first kappa shape index (κ1) is 35.4. The van der Waals surface area contributed by atoms with Crippen molar-refractivity contribution >= 4 is 34.6 Å². The Morgan fingerprint density at radius 2 is 1.35 bits per heavy atom. The number of ether oxygens (including phenoxy) is 5. The van der Waals surface area contributed by atoms with Gasteiger partial charge in [0.15, 0.2) is 11.6 Å². The molecule has 1 aliphatic rings. The number of rotatable bonds is 21. The Kier molecular flexibility index (Phi) is 14.8. The number of methoxy groups -OCH3 is 5. The van der Waals surface area contributed by atoms with Crippen molar-refractivity contribution in [1.29, 1.82) is 0 Å². The van der Waals surface area contributed by atoms with Crippen LogP contribution in [0.2, 0.25) is 0 Å². The van der Waals surface area contributed by atoms with Gasteiger partial charge in [-0.15, -0.1) is 0 Å². The molecule has 0 bridgehead atoms. The number of aromatic nitrogens is 5. The molecule has 14 nitrogen and oxygen atoms in total. The first-order chi connectivity index (χ1) is 22.6. The summed E-state index contributed by atoms with van der Waals surface area (Å²) >= 11 is 0. The molecule has 4 heterocycles.